The zero-order chi connectivity index (χ0) is 18.7. The standard InChI is InChI=1S/C19H30N4O3/c1-15(2)6-9-23-14-19(26-18(23)25)7-10-22(11-8-19)17(24)5-4-16-12-20-21(3)13-16/h12-13,15H,4-11,14H2,1-3H3. The van der Waals surface area contributed by atoms with E-state index in [1.807, 2.05) is 29.2 Å². The molecule has 144 valence electrons. The summed E-state index contributed by atoms with van der Waals surface area (Å²) in [6, 6.07) is 0. The molecule has 1 aromatic rings. The fourth-order valence-corrected chi connectivity index (χ4v) is 3.71. The highest BCUT2D eigenvalue weighted by molar-refractivity contribution is 5.76. The number of amides is 2. The molecule has 2 aliphatic heterocycles. The maximum atomic E-state index is 12.5. The largest absolute Gasteiger partial charge is 0.441 e. The predicted octanol–water partition coefficient (Wildman–Crippen LogP) is 2.21. The van der Waals surface area contributed by atoms with Crippen molar-refractivity contribution in [3.8, 4) is 0 Å². The third-order valence-corrected chi connectivity index (χ3v) is 5.43. The number of carbonyl (C=O) groups is 2. The van der Waals surface area contributed by atoms with Crippen molar-refractivity contribution in [1.82, 2.24) is 19.6 Å². The molecule has 0 aromatic carbocycles. The summed E-state index contributed by atoms with van der Waals surface area (Å²) >= 11 is 0. The summed E-state index contributed by atoms with van der Waals surface area (Å²) in [5.74, 6) is 0.739. The number of aromatic nitrogens is 2. The van der Waals surface area contributed by atoms with Gasteiger partial charge in [-0.3, -0.25) is 9.48 Å². The molecule has 2 amide bonds. The molecule has 1 spiro atoms. The van der Waals surface area contributed by atoms with Crippen molar-refractivity contribution >= 4 is 12.0 Å². The molecule has 0 bridgehead atoms. The monoisotopic (exact) mass is 362 g/mol. The van der Waals surface area contributed by atoms with Gasteiger partial charge >= 0.3 is 6.09 Å². The van der Waals surface area contributed by atoms with E-state index in [4.69, 9.17) is 4.74 Å². The number of likely N-dealkylation sites (tertiary alicyclic amines) is 1. The van der Waals surface area contributed by atoms with E-state index in [0.29, 0.717) is 38.4 Å². The van der Waals surface area contributed by atoms with E-state index >= 15 is 0 Å². The molecule has 0 atom stereocenters. The molecular formula is C19H30N4O3. The van der Waals surface area contributed by atoms with E-state index in [1.165, 1.54) is 0 Å². The molecule has 7 nitrogen and oxygen atoms in total. The summed E-state index contributed by atoms with van der Waals surface area (Å²) in [7, 11) is 1.88. The molecule has 2 aliphatic rings. The highest BCUT2D eigenvalue weighted by atomic mass is 16.6. The lowest BCUT2D eigenvalue weighted by atomic mass is 9.91. The molecule has 0 saturated carbocycles. The number of aryl methyl sites for hydroxylation is 2. The van der Waals surface area contributed by atoms with Crippen LogP contribution in [0.25, 0.3) is 0 Å². The molecule has 3 heterocycles. The zero-order valence-electron chi connectivity index (χ0n) is 16.1. The first-order valence-electron chi connectivity index (χ1n) is 9.60. The Hall–Kier alpha value is -2.05. The van der Waals surface area contributed by atoms with Crippen molar-refractivity contribution in [1.29, 1.82) is 0 Å². The molecular weight excluding hydrogens is 332 g/mol. The van der Waals surface area contributed by atoms with Gasteiger partial charge in [0.25, 0.3) is 0 Å². The van der Waals surface area contributed by atoms with Crippen LogP contribution < -0.4 is 0 Å². The number of nitrogens with zero attached hydrogens (tertiary/aromatic N) is 4. The highest BCUT2D eigenvalue weighted by Crippen LogP contribution is 2.33. The summed E-state index contributed by atoms with van der Waals surface area (Å²) in [6.45, 7) is 7.07. The van der Waals surface area contributed by atoms with Gasteiger partial charge in [-0.1, -0.05) is 13.8 Å². The number of carbonyl (C=O) groups excluding carboxylic acids is 2. The van der Waals surface area contributed by atoms with Crippen molar-refractivity contribution in [3.63, 3.8) is 0 Å². The van der Waals surface area contributed by atoms with Crippen LogP contribution in [0.2, 0.25) is 0 Å². The first-order valence-corrected chi connectivity index (χ1v) is 9.60. The van der Waals surface area contributed by atoms with Crippen LogP contribution >= 0.6 is 0 Å². The van der Waals surface area contributed by atoms with Crippen molar-refractivity contribution in [3.05, 3.63) is 18.0 Å². The summed E-state index contributed by atoms with van der Waals surface area (Å²) in [6.07, 6.45) is 7.23. The molecule has 0 radical (unpaired) electrons. The molecule has 7 heteroatoms. The number of piperidine rings is 1. The molecule has 3 rings (SSSR count). The predicted molar refractivity (Wildman–Crippen MR) is 97.6 cm³/mol. The molecule has 2 fully saturated rings. The first kappa shape index (κ1) is 18.7. The minimum atomic E-state index is -0.395. The average molecular weight is 362 g/mol. The van der Waals surface area contributed by atoms with Gasteiger partial charge in [0.2, 0.25) is 5.91 Å². The van der Waals surface area contributed by atoms with Crippen LogP contribution in [0.3, 0.4) is 0 Å². The van der Waals surface area contributed by atoms with E-state index < -0.39 is 5.60 Å². The second-order valence-corrected chi connectivity index (χ2v) is 8.06. The van der Waals surface area contributed by atoms with E-state index in [-0.39, 0.29) is 12.0 Å². The quantitative estimate of drug-likeness (QED) is 0.778. The Morgan fingerprint density at radius 1 is 1.35 bits per heavy atom. The van der Waals surface area contributed by atoms with Crippen molar-refractivity contribution in [2.24, 2.45) is 13.0 Å². The number of rotatable bonds is 6. The van der Waals surface area contributed by atoms with Gasteiger partial charge in [-0.25, -0.2) is 4.79 Å². The Morgan fingerprint density at radius 3 is 2.69 bits per heavy atom. The van der Waals surface area contributed by atoms with E-state index in [2.05, 4.69) is 18.9 Å². The smallest absolute Gasteiger partial charge is 0.410 e. The fraction of sp³-hybridized carbons (Fsp3) is 0.737. The summed E-state index contributed by atoms with van der Waals surface area (Å²) < 4.78 is 7.49. The Bertz CT molecular complexity index is 647. The third-order valence-electron chi connectivity index (χ3n) is 5.43. The maximum Gasteiger partial charge on any atom is 0.410 e. The molecule has 0 N–H and O–H groups in total. The molecule has 2 saturated heterocycles. The second kappa shape index (κ2) is 7.68. The SMILES string of the molecule is CC(C)CCN1CC2(CCN(C(=O)CCc3cnn(C)c3)CC2)OC1=O. The van der Waals surface area contributed by atoms with Crippen LogP contribution in [0.15, 0.2) is 12.4 Å². The summed E-state index contributed by atoms with van der Waals surface area (Å²) in [4.78, 5) is 28.4. The minimum absolute atomic E-state index is 0.171. The van der Waals surface area contributed by atoms with Crippen LogP contribution in [-0.2, 0) is 23.0 Å². The van der Waals surface area contributed by atoms with Gasteiger partial charge in [-0.05, 0) is 24.3 Å². The summed E-state index contributed by atoms with van der Waals surface area (Å²) in [5.41, 5.74) is 0.689. The van der Waals surface area contributed by atoms with Gasteiger partial charge in [0.15, 0.2) is 0 Å². The Morgan fingerprint density at radius 2 is 2.08 bits per heavy atom. The van der Waals surface area contributed by atoms with Gasteiger partial charge in [0, 0.05) is 52.1 Å². The lowest BCUT2D eigenvalue weighted by Crippen LogP contribution is -2.48. The van der Waals surface area contributed by atoms with Gasteiger partial charge in [0.05, 0.1) is 12.7 Å². The molecule has 0 unspecified atom stereocenters. The fourth-order valence-electron chi connectivity index (χ4n) is 3.71. The highest BCUT2D eigenvalue weighted by Gasteiger charge is 2.47. The Labute approximate surface area is 155 Å². The van der Waals surface area contributed by atoms with Gasteiger partial charge < -0.3 is 14.5 Å². The normalized spacial score (nSPS) is 19.5. The number of hydrogen-bond acceptors (Lipinski definition) is 4. The van der Waals surface area contributed by atoms with E-state index in [1.54, 1.807) is 4.68 Å². The molecule has 0 aliphatic carbocycles. The van der Waals surface area contributed by atoms with Crippen LogP contribution in [0.1, 0.15) is 45.1 Å². The lowest BCUT2D eigenvalue weighted by molar-refractivity contribution is -0.134. The number of ether oxygens (including phenoxy) is 1. The minimum Gasteiger partial charge on any atom is -0.441 e. The van der Waals surface area contributed by atoms with Gasteiger partial charge in [-0.2, -0.15) is 5.10 Å². The summed E-state index contributed by atoms with van der Waals surface area (Å²) in [5, 5.41) is 4.13. The topological polar surface area (TPSA) is 67.7 Å². The first-order chi connectivity index (χ1) is 12.4. The van der Waals surface area contributed by atoms with Gasteiger partial charge in [0.1, 0.15) is 5.60 Å². The van der Waals surface area contributed by atoms with Crippen molar-refractivity contribution < 1.29 is 14.3 Å². The number of hydrogen-bond donors (Lipinski definition) is 0. The van der Waals surface area contributed by atoms with Crippen LogP contribution in [0.5, 0.6) is 0 Å². The lowest BCUT2D eigenvalue weighted by Gasteiger charge is -2.37. The Kier molecular flexibility index (Phi) is 5.53. The average Bonchev–Trinajstić information content (AvgIpc) is 3.15. The Balaban J connectivity index is 1.46. The van der Waals surface area contributed by atoms with E-state index in [9.17, 15) is 9.59 Å². The van der Waals surface area contributed by atoms with Crippen LogP contribution in [0, 0.1) is 5.92 Å². The van der Waals surface area contributed by atoms with Crippen LogP contribution in [0.4, 0.5) is 4.79 Å². The van der Waals surface area contributed by atoms with Crippen molar-refractivity contribution in [2.45, 2.75) is 51.6 Å². The van der Waals surface area contributed by atoms with Crippen molar-refractivity contribution in [2.75, 3.05) is 26.2 Å². The van der Waals surface area contributed by atoms with Crippen LogP contribution in [-0.4, -0.2) is 63.4 Å². The van der Waals surface area contributed by atoms with Gasteiger partial charge in [-0.15, -0.1) is 0 Å². The van der Waals surface area contributed by atoms with E-state index in [0.717, 1.165) is 31.4 Å². The molecule has 1 aromatic heterocycles. The molecule has 26 heavy (non-hydrogen) atoms. The third kappa shape index (κ3) is 4.37. The maximum absolute atomic E-state index is 12.5. The second-order valence-electron chi connectivity index (χ2n) is 8.06. The zero-order valence-corrected chi connectivity index (χ0v) is 16.1.